The molecule has 0 atom stereocenters. The van der Waals surface area contributed by atoms with Gasteiger partial charge in [-0.2, -0.15) is 5.26 Å². The Bertz CT molecular complexity index is 512. The van der Waals surface area contributed by atoms with E-state index in [1.54, 1.807) is 17.4 Å². The van der Waals surface area contributed by atoms with Gasteiger partial charge in [0.2, 0.25) is 0 Å². The fourth-order valence-corrected chi connectivity index (χ4v) is 2.06. The molecule has 1 heterocycles. The Morgan fingerprint density at radius 2 is 2.19 bits per heavy atom. The number of nitriles is 1. The van der Waals surface area contributed by atoms with Crippen molar-refractivity contribution in [3.63, 3.8) is 0 Å². The largest absolute Gasteiger partial charge is 0.396 e. The Kier molecular flexibility index (Phi) is 3.08. The van der Waals surface area contributed by atoms with E-state index in [0.717, 1.165) is 12.2 Å². The van der Waals surface area contributed by atoms with Crippen LogP contribution in [0, 0.1) is 11.3 Å². The molecule has 0 saturated carbocycles. The van der Waals surface area contributed by atoms with Gasteiger partial charge in [0.05, 0.1) is 16.9 Å². The number of benzene rings is 1. The van der Waals surface area contributed by atoms with Gasteiger partial charge in [0.25, 0.3) is 0 Å². The number of para-hydroxylation sites is 1. The van der Waals surface area contributed by atoms with Crippen LogP contribution in [-0.4, -0.2) is 0 Å². The molecule has 2 aromatic rings. The van der Waals surface area contributed by atoms with Crippen LogP contribution in [0.15, 0.2) is 35.7 Å². The van der Waals surface area contributed by atoms with Crippen molar-refractivity contribution < 1.29 is 0 Å². The monoisotopic (exact) mass is 229 g/mol. The fraction of sp³-hybridized carbons (Fsp3) is 0.0833. The molecule has 0 fully saturated rings. The molecule has 3 nitrogen and oxygen atoms in total. The fourth-order valence-electron chi connectivity index (χ4n) is 1.41. The number of nitrogens with two attached hydrogens (primary N) is 1. The quantitative estimate of drug-likeness (QED) is 0.795. The maximum Gasteiger partial charge on any atom is 0.101 e. The van der Waals surface area contributed by atoms with Crippen LogP contribution >= 0.6 is 11.3 Å². The van der Waals surface area contributed by atoms with Crippen LogP contribution in [0.25, 0.3) is 0 Å². The van der Waals surface area contributed by atoms with Crippen molar-refractivity contribution in [1.29, 1.82) is 5.26 Å². The Morgan fingerprint density at radius 1 is 1.31 bits per heavy atom. The van der Waals surface area contributed by atoms with Crippen LogP contribution in [0.3, 0.4) is 0 Å². The van der Waals surface area contributed by atoms with Crippen LogP contribution in [0.2, 0.25) is 0 Å². The highest BCUT2D eigenvalue weighted by atomic mass is 32.1. The Balaban J connectivity index is 2.13. The Morgan fingerprint density at radius 3 is 2.88 bits per heavy atom. The molecule has 0 bridgehead atoms. The molecule has 16 heavy (non-hydrogen) atoms. The normalized spacial score (nSPS) is 9.69. The zero-order chi connectivity index (χ0) is 11.4. The lowest BCUT2D eigenvalue weighted by Crippen LogP contribution is -2.02. The highest BCUT2D eigenvalue weighted by Gasteiger charge is 2.03. The summed E-state index contributed by atoms with van der Waals surface area (Å²) in [5.74, 6) is 0. The minimum Gasteiger partial charge on any atom is -0.396 e. The van der Waals surface area contributed by atoms with Gasteiger partial charge in [0.15, 0.2) is 0 Å². The average molecular weight is 229 g/mol. The third-order valence-corrected chi connectivity index (χ3v) is 3.14. The molecule has 2 rings (SSSR count). The van der Waals surface area contributed by atoms with E-state index < -0.39 is 0 Å². The Labute approximate surface area is 98.1 Å². The second-order valence-electron chi connectivity index (χ2n) is 3.31. The first-order chi connectivity index (χ1) is 7.81. The maximum atomic E-state index is 8.84. The number of rotatable bonds is 3. The average Bonchev–Trinajstić information content (AvgIpc) is 2.81. The zero-order valence-corrected chi connectivity index (χ0v) is 9.42. The van der Waals surface area contributed by atoms with Gasteiger partial charge in [0.1, 0.15) is 6.07 Å². The van der Waals surface area contributed by atoms with Crippen molar-refractivity contribution in [3.8, 4) is 6.07 Å². The molecule has 0 spiro atoms. The highest BCUT2D eigenvalue weighted by Crippen LogP contribution is 2.23. The maximum absolute atomic E-state index is 8.84. The van der Waals surface area contributed by atoms with Crippen molar-refractivity contribution in [1.82, 2.24) is 0 Å². The minimum absolute atomic E-state index is 0.510. The van der Waals surface area contributed by atoms with Crippen molar-refractivity contribution in [2.24, 2.45) is 0 Å². The lowest BCUT2D eigenvalue weighted by molar-refractivity contribution is 1.19. The number of hydrogen-bond donors (Lipinski definition) is 2. The standard InChI is InChI=1S/C12H11N3S/c13-7-9-3-1-5-11(12(9)14)15-8-10-4-2-6-16-10/h1-6,15H,8,14H2. The number of hydrogen-bond acceptors (Lipinski definition) is 4. The van der Waals surface area contributed by atoms with E-state index in [4.69, 9.17) is 11.0 Å². The zero-order valence-electron chi connectivity index (χ0n) is 8.60. The molecule has 80 valence electrons. The lowest BCUT2D eigenvalue weighted by atomic mass is 10.1. The van der Waals surface area contributed by atoms with Crippen LogP contribution in [0.1, 0.15) is 10.4 Å². The predicted octanol–water partition coefficient (Wildman–Crippen LogP) is 2.81. The summed E-state index contributed by atoms with van der Waals surface area (Å²) < 4.78 is 0. The first-order valence-corrected chi connectivity index (χ1v) is 5.74. The summed E-state index contributed by atoms with van der Waals surface area (Å²) in [5.41, 5.74) is 7.69. The number of anilines is 2. The van der Waals surface area contributed by atoms with Gasteiger partial charge in [-0.1, -0.05) is 12.1 Å². The second-order valence-corrected chi connectivity index (χ2v) is 4.34. The molecule has 1 aromatic heterocycles. The highest BCUT2D eigenvalue weighted by molar-refractivity contribution is 7.09. The van der Waals surface area contributed by atoms with Crippen molar-refractivity contribution in [2.45, 2.75) is 6.54 Å². The van der Waals surface area contributed by atoms with Gasteiger partial charge < -0.3 is 11.1 Å². The molecule has 0 aliphatic carbocycles. The number of nitrogen functional groups attached to an aromatic ring is 1. The third kappa shape index (κ3) is 2.15. The van der Waals surface area contributed by atoms with Crippen molar-refractivity contribution >= 4 is 22.7 Å². The smallest absolute Gasteiger partial charge is 0.101 e. The van der Waals surface area contributed by atoms with Crippen LogP contribution < -0.4 is 11.1 Å². The molecule has 3 N–H and O–H groups in total. The summed E-state index contributed by atoms with van der Waals surface area (Å²) in [5, 5.41) is 14.1. The van der Waals surface area contributed by atoms with E-state index in [2.05, 4.69) is 17.5 Å². The van der Waals surface area contributed by atoms with Crippen molar-refractivity contribution in [3.05, 3.63) is 46.2 Å². The van der Waals surface area contributed by atoms with Gasteiger partial charge in [0, 0.05) is 11.4 Å². The minimum atomic E-state index is 0.510. The SMILES string of the molecule is N#Cc1cccc(NCc2cccs2)c1N. The van der Waals surface area contributed by atoms with Gasteiger partial charge >= 0.3 is 0 Å². The third-order valence-electron chi connectivity index (χ3n) is 2.26. The summed E-state index contributed by atoms with van der Waals surface area (Å²) in [6.45, 7) is 0.733. The first-order valence-electron chi connectivity index (χ1n) is 4.86. The van der Waals surface area contributed by atoms with Gasteiger partial charge in [-0.25, -0.2) is 0 Å². The second kappa shape index (κ2) is 4.69. The summed E-state index contributed by atoms with van der Waals surface area (Å²) in [7, 11) is 0. The van der Waals surface area contributed by atoms with Gasteiger partial charge in [-0.3, -0.25) is 0 Å². The van der Waals surface area contributed by atoms with E-state index in [9.17, 15) is 0 Å². The van der Waals surface area contributed by atoms with E-state index in [0.29, 0.717) is 11.3 Å². The molecule has 0 radical (unpaired) electrons. The van der Waals surface area contributed by atoms with Crippen molar-refractivity contribution in [2.75, 3.05) is 11.1 Å². The summed E-state index contributed by atoms with van der Waals surface area (Å²) >= 11 is 1.69. The van der Waals surface area contributed by atoms with Crippen LogP contribution in [0.4, 0.5) is 11.4 Å². The van der Waals surface area contributed by atoms with E-state index in [-0.39, 0.29) is 0 Å². The molecule has 0 aliphatic rings. The Hall–Kier alpha value is -1.99. The first kappa shape index (κ1) is 10.5. The van der Waals surface area contributed by atoms with Gasteiger partial charge in [-0.15, -0.1) is 11.3 Å². The molecule has 4 heteroatoms. The molecule has 0 saturated heterocycles. The van der Waals surface area contributed by atoms with E-state index >= 15 is 0 Å². The molecular formula is C12H11N3S. The molecule has 0 unspecified atom stereocenters. The van der Waals surface area contributed by atoms with Crippen LogP contribution in [-0.2, 0) is 6.54 Å². The van der Waals surface area contributed by atoms with E-state index in [1.807, 2.05) is 23.6 Å². The predicted molar refractivity (Wildman–Crippen MR) is 67.2 cm³/mol. The van der Waals surface area contributed by atoms with Crippen LogP contribution in [0.5, 0.6) is 0 Å². The number of nitrogens with one attached hydrogen (secondary N) is 1. The molecule has 1 aromatic carbocycles. The van der Waals surface area contributed by atoms with Gasteiger partial charge in [-0.05, 0) is 23.6 Å². The summed E-state index contributed by atoms with van der Waals surface area (Å²) in [4.78, 5) is 1.24. The summed E-state index contributed by atoms with van der Waals surface area (Å²) in [6.07, 6.45) is 0. The molecule has 0 amide bonds. The lowest BCUT2D eigenvalue weighted by Gasteiger charge is -2.08. The number of thiophene rings is 1. The topological polar surface area (TPSA) is 61.8 Å². The molecule has 0 aliphatic heterocycles. The summed E-state index contributed by atoms with van der Waals surface area (Å²) in [6, 6.07) is 11.6. The number of nitrogens with zero attached hydrogens (tertiary/aromatic N) is 1. The van der Waals surface area contributed by atoms with E-state index in [1.165, 1.54) is 4.88 Å². The molecular weight excluding hydrogens is 218 g/mol.